The van der Waals surface area contributed by atoms with Crippen molar-refractivity contribution in [3.05, 3.63) is 29.0 Å². The van der Waals surface area contributed by atoms with Crippen LogP contribution in [0.4, 0.5) is 0 Å². The van der Waals surface area contributed by atoms with Crippen molar-refractivity contribution in [2.45, 2.75) is 6.92 Å². The van der Waals surface area contributed by atoms with Crippen molar-refractivity contribution in [1.29, 1.82) is 0 Å². The largest absolute Gasteiger partial charge is 1.00 e. The van der Waals surface area contributed by atoms with E-state index in [-0.39, 0.29) is 62.0 Å². The summed E-state index contributed by atoms with van der Waals surface area (Å²) in [4.78, 5) is 8.51. The molecule has 69 valence electrons. The monoisotopic (exact) mass is 305 g/mol. The van der Waals surface area contributed by atoms with Crippen molar-refractivity contribution in [2.24, 2.45) is 0 Å². The minimum atomic E-state index is 0. The van der Waals surface area contributed by atoms with Gasteiger partial charge in [-0.1, -0.05) is 0 Å². The van der Waals surface area contributed by atoms with Gasteiger partial charge in [0.05, 0.1) is 0 Å². The molecule has 0 atom stereocenters. The average Bonchev–Trinajstić information content (AvgIpc) is 2.06. The van der Waals surface area contributed by atoms with Crippen LogP contribution in [-0.2, 0) is 0 Å². The molecule has 2 aromatic rings. The standard InChI is InChI=1S/C9H6ClN2Se.2Na.2H/c1-5-11-8-3-2-6(10)4-7(8)9(13)12-5;;;;/h2-4H,1H3;;;;/q;2*+1;2*-1. The number of hydrogen-bond acceptors (Lipinski definition) is 2. The maximum Gasteiger partial charge on any atom is 1.00 e. The molecule has 1 radical (unpaired) electrons. The maximum atomic E-state index is 5.86. The van der Waals surface area contributed by atoms with E-state index in [9.17, 15) is 0 Å². The van der Waals surface area contributed by atoms with Crippen LogP contribution in [0.1, 0.15) is 8.68 Å². The average molecular weight is 305 g/mol. The first-order valence-corrected chi connectivity index (χ1v) is 5.01. The van der Waals surface area contributed by atoms with Crippen molar-refractivity contribution in [2.75, 3.05) is 0 Å². The minimum Gasteiger partial charge on any atom is -1.00 e. The molecule has 0 aliphatic rings. The molecule has 15 heavy (non-hydrogen) atoms. The Hall–Kier alpha value is 1.37. The van der Waals surface area contributed by atoms with Crippen molar-refractivity contribution < 1.29 is 62.0 Å². The van der Waals surface area contributed by atoms with Gasteiger partial charge >= 0.3 is 148 Å². The minimum absolute atomic E-state index is 0. The molecule has 0 saturated heterocycles. The predicted octanol–water partition coefficient (Wildman–Crippen LogP) is -4.38. The summed E-state index contributed by atoms with van der Waals surface area (Å²) in [6.07, 6.45) is 0. The molecular formula is C9H8ClN2Na2Se. The van der Waals surface area contributed by atoms with Crippen LogP contribution in [-0.4, -0.2) is 26.0 Å². The zero-order chi connectivity index (χ0) is 9.42. The summed E-state index contributed by atoms with van der Waals surface area (Å²) in [5.74, 6) is 0.767. The molecule has 0 amide bonds. The molecule has 2 rings (SSSR count). The molecule has 1 aromatic carbocycles. The number of benzene rings is 1. The molecule has 2 nitrogen and oxygen atoms in total. The SMILES string of the molecule is Cc1nc([Se])c2cc(Cl)ccc2n1.[H-].[H-].[Na+].[Na+]. The van der Waals surface area contributed by atoms with E-state index in [4.69, 9.17) is 11.6 Å². The summed E-state index contributed by atoms with van der Waals surface area (Å²) in [5.41, 5.74) is 0.922. The second-order valence-electron chi connectivity index (χ2n) is 2.74. The Labute approximate surface area is 149 Å². The summed E-state index contributed by atoms with van der Waals surface area (Å²) in [7, 11) is 0. The van der Waals surface area contributed by atoms with Gasteiger partial charge in [-0.3, -0.25) is 0 Å². The number of aromatic nitrogens is 2. The summed E-state index contributed by atoms with van der Waals surface area (Å²) in [6, 6.07) is 5.59. The second kappa shape index (κ2) is 6.95. The molecule has 0 bridgehead atoms. The first-order valence-electron chi connectivity index (χ1n) is 3.78. The number of fused-ring (bicyclic) bond motifs is 1. The van der Waals surface area contributed by atoms with Crippen LogP contribution in [0.15, 0.2) is 18.2 Å². The van der Waals surface area contributed by atoms with Crippen LogP contribution in [0.2, 0.25) is 5.02 Å². The van der Waals surface area contributed by atoms with Crippen LogP contribution >= 0.6 is 11.6 Å². The van der Waals surface area contributed by atoms with E-state index in [1.807, 2.05) is 25.1 Å². The molecular weight excluding hydrogens is 297 g/mol. The molecule has 6 heteroatoms. The van der Waals surface area contributed by atoms with Crippen LogP contribution < -0.4 is 63.7 Å². The fourth-order valence-electron chi connectivity index (χ4n) is 1.18. The van der Waals surface area contributed by atoms with Gasteiger partial charge < -0.3 is 2.85 Å². The number of rotatable bonds is 0. The van der Waals surface area contributed by atoms with Gasteiger partial charge in [0.25, 0.3) is 0 Å². The molecule has 0 fully saturated rings. The molecule has 0 unspecified atom stereocenters. The van der Waals surface area contributed by atoms with E-state index in [0.717, 1.165) is 21.3 Å². The van der Waals surface area contributed by atoms with E-state index >= 15 is 0 Å². The van der Waals surface area contributed by atoms with Crippen molar-refractivity contribution in [3.8, 4) is 0 Å². The topological polar surface area (TPSA) is 25.8 Å². The van der Waals surface area contributed by atoms with Gasteiger partial charge in [0.1, 0.15) is 0 Å². The first-order chi connectivity index (χ1) is 6.16. The molecule has 0 aliphatic carbocycles. The molecule has 0 N–H and O–H groups in total. The molecule has 0 aliphatic heterocycles. The summed E-state index contributed by atoms with van der Waals surface area (Å²) in [5, 5.41) is 1.68. The molecule has 1 heterocycles. The van der Waals surface area contributed by atoms with E-state index in [1.165, 1.54) is 0 Å². The van der Waals surface area contributed by atoms with Gasteiger partial charge in [-0.2, -0.15) is 0 Å². The third-order valence-electron chi connectivity index (χ3n) is 1.73. The fraction of sp³-hybridized carbons (Fsp3) is 0.111. The third-order valence-corrected chi connectivity index (χ3v) is 2.62. The van der Waals surface area contributed by atoms with E-state index in [2.05, 4.69) is 26.0 Å². The molecule has 0 saturated carbocycles. The van der Waals surface area contributed by atoms with Crippen LogP contribution in [0.25, 0.3) is 10.9 Å². The van der Waals surface area contributed by atoms with E-state index in [1.54, 1.807) is 0 Å². The van der Waals surface area contributed by atoms with E-state index < -0.39 is 0 Å². The number of aryl methyl sites for hydroxylation is 1. The van der Waals surface area contributed by atoms with Crippen LogP contribution in [0, 0.1) is 6.92 Å². The van der Waals surface area contributed by atoms with Crippen molar-refractivity contribution >= 4 is 43.1 Å². The number of halogens is 1. The van der Waals surface area contributed by atoms with Crippen LogP contribution in [0.5, 0.6) is 0 Å². The number of hydrogen-bond donors (Lipinski definition) is 0. The smallest absolute Gasteiger partial charge is 1.00 e. The zero-order valence-corrected chi connectivity index (χ0v) is 15.4. The van der Waals surface area contributed by atoms with Crippen LogP contribution in [0.3, 0.4) is 0 Å². The quantitative estimate of drug-likeness (QED) is 0.460. The van der Waals surface area contributed by atoms with Gasteiger partial charge in [0.15, 0.2) is 0 Å². The zero-order valence-electron chi connectivity index (χ0n) is 10.9. The van der Waals surface area contributed by atoms with E-state index in [0.29, 0.717) is 5.02 Å². The van der Waals surface area contributed by atoms with Gasteiger partial charge in [-0.05, 0) is 0 Å². The normalized spacial score (nSPS) is 9.20. The Kier molecular flexibility index (Phi) is 7.58. The van der Waals surface area contributed by atoms with Gasteiger partial charge in [0.2, 0.25) is 0 Å². The van der Waals surface area contributed by atoms with Gasteiger partial charge in [-0.15, -0.1) is 0 Å². The Morgan fingerprint density at radius 2 is 1.93 bits per heavy atom. The fourth-order valence-corrected chi connectivity index (χ4v) is 1.98. The summed E-state index contributed by atoms with van der Waals surface area (Å²) in [6.45, 7) is 1.87. The van der Waals surface area contributed by atoms with Gasteiger partial charge in [0, 0.05) is 0 Å². The summed E-state index contributed by atoms with van der Waals surface area (Å²) < 4.78 is 0.852. The molecule has 1 aromatic heterocycles. The summed E-state index contributed by atoms with van der Waals surface area (Å²) >= 11 is 8.76. The van der Waals surface area contributed by atoms with Crippen molar-refractivity contribution in [3.63, 3.8) is 0 Å². The second-order valence-corrected chi connectivity index (χ2v) is 3.99. The Morgan fingerprint density at radius 3 is 2.60 bits per heavy atom. The third kappa shape index (κ3) is 3.95. The maximum absolute atomic E-state index is 5.86. The Balaban J connectivity index is -0.000000490. The first kappa shape index (κ1) is 16.4. The number of nitrogens with zero attached hydrogens (tertiary/aromatic N) is 2. The van der Waals surface area contributed by atoms with Gasteiger partial charge in [-0.25, -0.2) is 0 Å². The Morgan fingerprint density at radius 1 is 1.27 bits per heavy atom. The predicted molar refractivity (Wildman–Crippen MR) is 56.9 cm³/mol. The Bertz CT molecular complexity index is 488. The molecule has 0 spiro atoms. The van der Waals surface area contributed by atoms with Crippen molar-refractivity contribution in [1.82, 2.24) is 9.97 Å².